The molecule has 11 nitrogen and oxygen atoms in total. The van der Waals surface area contributed by atoms with Crippen LogP contribution >= 0.6 is 0 Å². The van der Waals surface area contributed by atoms with Crippen molar-refractivity contribution in [2.75, 3.05) is 11.9 Å². The summed E-state index contributed by atoms with van der Waals surface area (Å²) in [5.41, 5.74) is 5.97. The molecule has 9 N–H and O–H groups in total. The van der Waals surface area contributed by atoms with Gasteiger partial charge in [-0.15, -0.1) is 0 Å². The first kappa shape index (κ1) is 25.7. The molecule has 1 saturated heterocycles. The second kappa shape index (κ2) is 8.19. The number of benzene rings is 1. The van der Waals surface area contributed by atoms with Gasteiger partial charge in [-0.2, -0.15) is 0 Å². The number of nitrogens with one attached hydrogen (secondary N) is 1. The molecule has 1 radical (unpaired) electrons. The monoisotopic (exact) mass is 541 g/mol. The molecule has 3 aliphatic carbocycles. The first-order valence-electron chi connectivity index (χ1n) is 12.4. The van der Waals surface area contributed by atoms with E-state index in [4.69, 9.17) is 19.0 Å². The molecule has 2 amide bonds. The van der Waals surface area contributed by atoms with E-state index in [1.807, 2.05) is 0 Å². The molecule has 0 aromatic heterocycles. The number of alkyl halides is 1. The Hall–Kier alpha value is -3.62. The maximum absolute atomic E-state index is 16.1. The van der Waals surface area contributed by atoms with Crippen LogP contribution in [0.5, 0.6) is 5.75 Å². The zero-order chi connectivity index (χ0) is 28.3. The number of Topliss-reactive ketones (excluding diaryl/α,β-unsaturated/α-hetero) is 1. The number of aliphatic hydroxyl groups is 3. The Kier molecular flexibility index (Phi) is 5.39. The van der Waals surface area contributed by atoms with Gasteiger partial charge < -0.3 is 0 Å². The predicted octanol–water partition coefficient (Wildman–Crippen LogP) is -0.863. The number of anilines is 1. The van der Waals surface area contributed by atoms with Gasteiger partial charge in [0, 0.05) is 0 Å². The Labute approximate surface area is 220 Å². The average Bonchev–Trinajstić information content (AvgIpc) is 3.18. The third-order valence-electron chi connectivity index (χ3n) is 8.82. The second-order valence-electron chi connectivity index (χ2n) is 10.8. The van der Waals surface area contributed by atoms with Crippen molar-refractivity contribution in [2.24, 2.45) is 23.3 Å². The molecule has 6 atom stereocenters. The van der Waals surface area contributed by atoms with Crippen molar-refractivity contribution in [3.63, 3.8) is 0 Å². The minimum absolute atomic E-state index is 0.0929. The fraction of sp³-hybridized carbons (Fsp3) is 0.440. The molecule has 2 aliphatic heterocycles. The summed E-state index contributed by atoms with van der Waals surface area (Å²) < 4.78 is 30.1. The van der Waals surface area contributed by atoms with Crippen molar-refractivity contribution in [3.05, 3.63) is 39.4 Å². The van der Waals surface area contributed by atoms with Crippen molar-refractivity contribution in [1.29, 1.82) is 0 Å². The number of carbonyl (C=O) groups is 3. The maximum atomic E-state index is 16.1. The molecule has 1 aromatic rings. The van der Waals surface area contributed by atoms with Gasteiger partial charge >= 0.3 is 210 Å². The van der Waals surface area contributed by atoms with E-state index in [0.29, 0.717) is 0 Å². The van der Waals surface area contributed by atoms with Gasteiger partial charge in [-0.1, -0.05) is 0 Å². The Bertz CT molecular complexity index is 1490. The number of phenols is 1. The number of carbonyl (C=O) groups excluding carboxylic acids is 3. The van der Waals surface area contributed by atoms with E-state index in [1.54, 1.807) is 0 Å². The molecule has 2 fully saturated rings. The van der Waals surface area contributed by atoms with E-state index in [2.05, 4.69) is 5.32 Å². The zero-order valence-corrected chi connectivity index (χ0v) is 20.4. The normalized spacial score (nSPS) is 34.0. The predicted molar refractivity (Wildman–Crippen MR) is 133 cm³/mol. The number of ketones is 1. The average molecular weight is 541 g/mol. The minimum atomic E-state index is -2.63. The standard InChI is InChI=1S/C25H24BF2N4O7/c26-21-14(23(30)37)19(34)16(29)10-2-6-1-8-13(18(33)12(6)22(36)25(10,21)39)20(35)17-9(15(8)28)5-32-4-7(27)3-11(32)24(38)31-17/h6-7,10-11,16,33-35,39H,1-5,29H2,(H2,30,37)(H,31,38)/t6-,7-,10-,11-,16-,25+/m0/s1. The van der Waals surface area contributed by atoms with Crippen molar-refractivity contribution in [2.45, 2.75) is 49.7 Å². The van der Waals surface area contributed by atoms with Gasteiger partial charge in [-0.25, -0.2) is 4.39 Å². The van der Waals surface area contributed by atoms with Crippen LogP contribution in [0.3, 0.4) is 0 Å². The van der Waals surface area contributed by atoms with E-state index in [9.17, 15) is 39.2 Å². The molecule has 203 valence electrons. The number of halogens is 2. The molecule has 0 unspecified atom stereocenters. The molecule has 5 aliphatic rings. The first-order valence-corrected chi connectivity index (χ1v) is 12.4. The van der Waals surface area contributed by atoms with Crippen LogP contribution < -0.4 is 16.8 Å². The van der Waals surface area contributed by atoms with E-state index < -0.39 is 93.0 Å². The number of nitrogens with two attached hydrogens (primary N) is 2. The van der Waals surface area contributed by atoms with Gasteiger partial charge in [0.15, 0.2) is 0 Å². The Balaban J connectivity index is 1.51. The van der Waals surface area contributed by atoms with Gasteiger partial charge in [0.25, 0.3) is 0 Å². The van der Waals surface area contributed by atoms with Crippen LogP contribution in [-0.4, -0.2) is 86.3 Å². The fourth-order valence-corrected chi connectivity index (χ4v) is 6.94. The summed E-state index contributed by atoms with van der Waals surface area (Å²) in [5.74, 6) is -8.26. The summed E-state index contributed by atoms with van der Waals surface area (Å²) in [4.78, 5) is 39.9. The van der Waals surface area contributed by atoms with Crippen molar-refractivity contribution in [3.8, 4) is 5.75 Å². The number of phenolic OH excluding ortho intramolecular Hbond substituents is 1. The second-order valence-corrected chi connectivity index (χ2v) is 10.8. The molecular weight excluding hydrogens is 517 g/mol. The van der Waals surface area contributed by atoms with Crippen LogP contribution in [0.2, 0.25) is 0 Å². The topological polar surface area (TPSA) is 199 Å². The molecule has 39 heavy (non-hydrogen) atoms. The third kappa shape index (κ3) is 3.19. The number of aromatic hydroxyl groups is 1. The Morgan fingerprint density at radius 3 is 2.54 bits per heavy atom. The van der Waals surface area contributed by atoms with Crippen LogP contribution in [0.15, 0.2) is 16.9 Å². The van der Waals surface area contributed by atoms with Gasteiger partial charge in [-0.3, -0.25) is 0 Å². The number of rotatable bonds is 1. The summed E-state index contributed by atoms with van der Waals surface area (Å²) >= 11 is 0. The van der Waals surface area contributed by atoms with E-state index in [-0.39, 0.29) is 54.7 Å². The molecule has 0 bridgehead atoms. The number of primary amides is 1. The first-order chi connectivity index (χ1) is 18.3. The number of aliphatic hydroxyl groups excluding tert-OH is 2. The summed E-state index contributed by atoms with van der Waals surface area (Å²) in [5, 5.41) is 46.9. The molecular formula is C25H24BF2N4O7. The number of fused-ring (bicyclic) bond motifs is 5. The molecule has 1 aromatic carbocycles. The van der Waals surface area contributed by atoms with Crippen molar-refractivity contribution in [1.82, 2.24) is 4.90 Å². The van der Waals surface area contributed by atoms with Crippen molar-refractivity contribution < 1.29 is 43.6 Å². The number of nitrogens with zero attached hydrogens (tertiary/aromatic N) is 1. The molecule has 2 heterocycles. The molecule has 0 spiro atoms. The van der Waals surface area contributed by atoms with E-state index in [0.717, 1.165) is 0 Å². The third-order valence-corrected chi connectivity index (χ3v) is 8.82. The number of amides is 2. The Morgan fingerprint density at radius 2 is 1.87 bits per heavy atom. The van der Waals surface area contributed by atoms with Crippen molar-refractivity contribution >= 4 is 42.0 Å². The number of hydrogen-bond donors (Lipinski definition) is 7. The van der Waals surface area contributed by atoms with Gasteiger partial charge in [-0.05, 0) is 0 Å². The van der Waals surface area contributed by atoms with Crippen LogP contribution in [0.4, 0.5) is 14.5 Å². The zero-order valence-electron chi connectivity index (χ0n) is 20.4. The summed E-state index contributed by atoms with van der Waals surface area (Å²) in [7, 11) is 5.99. The van der Waals surface area contributed by atoms with Crippen LogP contribution in [0.1, 0.15) is 29.5 Å². The molecule has 6 rings (SSSR count). The summed E-state index contributed by atoms with van der Waals surface area (Å²) in [6, 6.07) is -2.31. The van der Waals surface area contributed by atoms with Gasteiger partial charge in [0.1, 0.15) is 6.17 Å². The van der Waals surface area contributed by atoms with E-state index in [1.165, 1.54) is 4.90 Å². The van der Waals surface area contributed by atoms with E-state index >= 15 is 4.39 Å². The summed E-state index contributed by atoms with van der Waals surface area (Å²) in [6.07, 6.45) is -1.75. The van der Waals surface area contributed by atoms with Crippen LogP contribution in [-0.2, 0) is 27.3 Å². The summed E-state index contributed by atoms with van der Waals surface area (Å²) in [6.45, 7) is -0.276. The van der Waals surface area contributed by atoms with Crippen LogP contribution in [0.25, 0.3) is 5.76 Å². The molecule has 1 saturated carbocycles. The quantitative estimate of drug-likeness (QED) is 0.175. The van der Waals surface area contributed by atoms with Gasteiger partial charge in [0.2, 0.25) is 0 Å². The fourth-order valence-electron chi connectivity index (χ4n) is 6.94. The number of hydrogen-bond acceptors (Lipinski definition) is 9. The van der Waals surface area contributed by atoms with Gasteiger partial charge in [0.05, 0.1) is 0 Å². The van der Waals surface area contributed by atoms with Crippen LogP contribution in [0, 0.1) is 17.7 Å². The molecule has 14 heteroatoms. The Morgan fingerprint density at radius 1 is 1.18 bits per heavy atom. The SMILES string of the molecule is [B]=C1C(C(N)=O)=C(O)[C@@H](N)[C@@H]2C[C@@H]3Cc4c(F)c5c(c(O)c4C(O)=C3C(=O)[C@]12O)NC(=O)[C@@H]1C[C@H](F)CN1C5.